The number of nitrogens with zero attached hydrogens (tertiary/aromatic N) is 2. The van der Waals surface area contributed by atoms with Gasteiger partial charge in [-0.3, -0.25) is 14.9 Å². The number of nitro groups is 1. The summed E-state index contributed by atoms with van der Waals surface area (Å²) in [6.07, 6.45) is 1.12. The molecule has 0 aromatic heterocycles. The first kappa shape index (κ1) is 15.3. The molecule has 0 bridgehead atoms. The predicted octanol–water partition coefficient (Wildman–Crippen LogP) is 2.75. The monoisotopic (exact) mass is 291 g/mol. The van der Waals surface area contributed by atoms with Gasteiger partial charge in [-0.1, -0.05) is 13.0 Å². The number of benzene rings is 1. The van der Waals surface area contributed by atoms with Crippen molar-refractivity contribution in [1.29, 1.82) is 0 Å². The second-order valence-electron chi connectivity index (χ2n) is 5.65. The molecule has 1 amide bonds. The van der Waals surface area contributed by atoms with Crippen molar-refractivity contribution in [3.05, 3.63) is 33.9 Å². The van der Waals surface area contributed by atoms with Gasteiger partial charge < -0.3 is 10.2 Å². The Morgan fingerprint density at radius 2 is 2.19 bits per heavy atom. The molecule has 114 valence electrons. The van der Waals surface area contributed by atoms with Gasteiger partial charge in [0.05, 0.1) is 4.92 Å². The fraction of sp³-hybridized carbons (Fsp3) is 0.533. The van der Waals surface area contributed by atoms with E-state index in [9.17, 15) is 14.9 Å². The zero-order valence-corrected chi connectivity index (χ0v) is 12.6. The summed E-state index contributed by atoms with van der Waals surface area (Å²) in [6.45, 7) is 5.23. The van der Waals surface area contributed by atoms with E-state index in [1.807, 2.05) is 6.92 Å². The maximum absolute atomic E-state index is 12.5. The van der Waals surface area contributed by atoms with Crippen LogP contribution in [0.3, 0.4) is 0 Å². The van der Waals surface area contributed by atoms with Crippen molar-refractivity contribution in [3.8, 4) is 0 Å². The van der Waals surface area contributed by atoms with Crippen molar-refractivity contribution in [3.63, 3.8) is 0 Å². The lowest BCUT2D eigenvalue weighted by molar-refractivity contribution is -0.384. The molecule has 6 nitrogen and oxygen atoms in total. The van der Waals surface area contributed by atoms with Crippen molar-refractivity contribution in [2.45, 2.75) is 20.3 Å². The highest BCUT2D eigenvalue weighted by atomic mass is 16.6. The number of hydrogen-bond acceptors (Lipinski definition) is 4. The Hall–Kier alpha value is -2.11. The van der Waals surface area contributed by atoms with Crippen molar-refractivity contribution in [1.82, 2.24) is 4.90 Å². The quantitative estimate of drug-likeness (QED) is 0.646. The molecule has 1 aromatic carbocycles. The van der Waals surface area contributed by atoms with E-state index in [-0.39, 0.29) is 17.2 Å². The van der Waals surface area contributed by atoms with E-state index in [1.54, 1.807) is 24.1 Å². The third kappa shape index (κ3) is 3.32. The highest BCUT2D eigenvalue weighted by Crippen LogP contribution is 2.38. The Bertz CT molecular complexity index is 559. The zero-order valence-electron chi connectivity index (χ0n) is 12.6. The third-order valence-corrected chi connectivity index (χ3v) is 3.95. The van der Waals surface area contributed by atoms with Crippen molar-refractivity contribution in [2.24, 2.45) is 11.8 Å². The maximum atomic E-state index is 12.5. The molecule has 1 N–H and O–H groups in total. The lowest BCUT2D eigenvalue weighted by Gasteiger charge is -2.18. The minimum Gasteiger partial charge on any atom is -0.380 e. The first-order valence-electron chi connectivity index (χ1n) is 7.22. The van der Waals surface area contributed by atoms with Crippen LogP contribution in [0.25, 0.3) is 0 Å². The van der Waals surface area contributed by atoms with Gasteiger partial charge in [0, 0.05) is 20.1 Å². The number of para-hydroxylation sites is 1. The van der Waals surface area contributed by atoms with Gasteiger partial charge in [0.15, 0.2) is 0 Å². The molecular formula is C15H21N3O3. The van der Waals surface area contributed by atoms with Crippen LogP contribution < -0.4 is 5.32 Å². The SMILES string of the molecule is CCNc1cccc(C(=O)N(C)CC2CC2C)c1[N+](=O)[O-]. The van der Waals surface area contributed by atoms with Crippen LogP contribution >= 0.6 is 0 Å². The molecule has 0 aliphatic heterocycles. The van der Waals surface area contributed by atoms with E-state index in [0.717, 1.165) is 6.42 Å². The predicted molar refractivity (Wildman–Crippen MR) is 81.5 cm³/mol. The number of amides is 1. The molecule has 2 unspecified atom stereocenters. The molecule has 0 saturated heterocycles. The molecule has 1 saturated carbocycles. The minimum absolute atomic E-state index is 0.139. The fourth-order valence-electron chi connectivity index (χ4n) is 2.54. The molecule has 1 fully saturated rings. The van der Waals surface area contributed by atoms with Gasteiger partial charge in [-0.25, -0.2) is 0 Å². The number of nitro benzene ring substituents is 1. The summed E-state index contributed by atoms with van der Waals surface area (Å²) in [5, 5.41) is 14.3. The molecule has 0 radical (unpaired) electrons. The average molecular weight is 291 g/mol. The fourth-order valence-corrected chi connectivity index (χ4v) is 2.54. The lowest BCUT2D eigenvalue weighted by Crippen LogP contribution is -2.29. The topological polar surface area (TPSA) is 75.5 Å². The lowest BCUT2D eigenvalue weighted by atomic mass is 10.1. The Balaban J connectivity index is 2.26. The van der Waals surface area contributed by atoms with E-state index in [1.165, 1.54) is 6.07 Å². The molecule has 0 heterocycles. The highest BCUT2D eigenvalue weighted by molar-refractivity contribution is 6.00. The van der Waals surface area contributed by atoms with Crippen LogP contribution in [0.4, 0.5) is 11.4 Å². The molecule has 0 spiro atoms. The van der Waals surface area contributed by atoms with Crippen molar-refractivity contribution < 1.29 is 9.72 Å². The Morgan fingerprint density at radius 3 is 2.71 bits per heavy atom. The molecule has 6 heteroatoms. The highest BCUT2D eigenvalue weighted by Gasteiger charge is 2.35. The largest absolute Gasteiger partial charge is 0.380 e. The van der Waals surface area contributed by atoms with Crippen molar-refractivity contribution >= 4 is 17.3 Å². The van der Waals surface area contributed by atoms with Crippen LogP contribution in [0.1, 0.15) is 30.6 Å². The van der Waals surface area contributed by atoms with Crippen LogP contribution in [-0.2, 0) is 0 Å². The first-order valence-corrected chi connectivity index (χ1v) is 7.22. The normalized spacial score (nSPS) is 20.0. The van der Waals surface area contributed by atoms with Gasteiger partial charge in [-0.05, 0) is 37.3 Å². The van der Waals surface area contributed by atoms with Gasteiger partial charge >= 0.3 is 5.69 Å². The minimum atomic E-state index is -0.487. The average Bonchev–Trinajstić information content (AvgIpc) is 3.13. The molecule has 2 rings (SSSR count). The molecule has 1 aliphatic rings. The summed E-state index contributed by atoms with van der Waals surface area (Å²) in [6, 6.07) is 4.82. The summed E-state index contributed by atoms with van der Waals surface area (Å²) in [5.41, 5.74) is 0.399. The van der Waals surface area contributed by atoms with Crippen LogP contribution in [0.2, 0.25) is 0 Å². The third-order valence-electron chi connectivity index (χ3n) is 3.95. The maximum Gasteiger partial charge on any atom is 0.305 e. The van der Waals surface area contributed by atoms with Gasteiger partial charge in [0.2, 0.25) is 0 Å². The smallest absolute Gasteiger partial charge is 0.305 e. The zero-order chi connectivity index (χ0) is 15.6. The van der Waals surface area contributed by atoms with Crippen molar-refractivity contribution in [2.75, 3.05) is 25.5 Å². The number of anilines is 1. The van der Waals surface area contributed by atoms with E-state index in [0.29, 0.717) is 30.6 Å². The first-order chi connectivity index (χ1) is 9.95. The molecule has 1 aromatic rings. The second-order valence-corrected chi connectivity index (χ2v) is 5.65. The Morgan fingerprint density at radius 1 is 1.52 bits per heavy atom. The molecular weight excluding hydrogens is 270 g/mol. The molecule has 21 heavy (non-hydrogen) atoms. The van der Waals surface area contributed by atoms with Crippen LogP contribution in [0.15, 0.2) is 18.2 Å². The molecule has 2 atom stereocenters. The summed E-state index contributed by atoms with van der Waals surface area (Å²) in [5.74, 6) is 0.874. The number of rotatable bonds is 6. The number of hydrogen-bond donors (Lipinski definition) is 1. The number of nitrogens with one attached hydrogen (secondary N) is 1. The van der Waals surface area contributed by atoms with Gasteiger partial charge in [-0.15, -0.1) is 0 Å². The van der Waals surface area contributed by atoms with E-state index >= 15 is 0 Å². The summed E-state index contributed by atoms with van der Waals surface area (Å²) < 4.78 is 0. The van der Waals surface area contributed by atoms with E-state index in [2.05, 4.69) is 12.2 Å². The Kier molecular flexibility index (Phi) is 4.45. The van der Waals surface area contributed by atoms with Gasteiger partial charge in [0.25, 0.3) is 5.91 Å². The number of carbonyl (C=O) groups excluding carboxylic acids is 1. The van der Waals surface area contributed by atoms with Crippen LogP contribution in [-0.4, -0.2) is 35.9 Å². The van der Waals surface area contributed by atoms with Gasteiger partial charge in [-0.2, -0.15) is 0 Å². The second kappa shape index (κ2) is 6.11. The summed E-state index contributed by atoms with van der Waals surface area (Å²) in [7, 11) is 1.71. The van der Waals surface area contributed by atoms with Crippen LogP contribution in [0.5, 0.6) is 0 Å². The van der Waals surface area contributed by atoms with Gasteiger partial charge in [0.1, 0.15) is 11.3 Å². The van der Waals surface area contributed by atoms with E-state index in [4.69, 9.17) is 0 Å². The number of carbonyl (C=O) groups is 1. The van der Waals surface area contributed by atoms with Crippen LogP contribution in [0, 0.1) is 22.0 Å². The standard InChI is InChI=1S/C15H21N3O3/c1-4-16-13-7-5-6-12(14(13)18(20)21)15(19)17(3)9-11-8-10(11)2/h5-7,10-11,16H,4,8-9H2,1-3H3. The summed E-state index contributed by atoms with van der Waals surface area (Å²) in [4.78, 5) is 24.9. The Labute approximate surface area is 124 Å². The summed E-state index contributed by atoms with van der Waals surface area (Å²) >= 11 is 0. The molecule has 1 aliphatic carbocycles. The van der Waals surface area contributed by atoms with E-state index < -0.39 is 4.92 Å².